The minimum atomic E-state index is -1.39. The zero-order valence-corrected chi connectivity index (χ0v) is 25.2. The molecule has 44 heavy (non-hydrogen) atoms. The number of hydrogen-bond acceptors (Lipinski definition) is 8. The zero-order chi connectivity index (χ0) is 31.0. The van der Waals surface area contributed by atoms with Crippen molar-refractivity contribution >= 4 is 17.3 Å². The number of ketones is 2. The molecule has 3 saturated carbocycles. The van der Waals surface area contributed by atoms with Crippen molar-refractivity contribution in [1.29, 1.82) is 0 Å². The van der Waals surface area contributed by atoms with Gasteiger partial charge in [-0.05, 0) is 78.8 Å². The van der Waals surface area contributed by atoms with Gasteiger partial charge in [-0.2, -0.15) is 0 Å². The van der Waals surface area contributed by atoms with Crippen molar-refractivity contribution in [2.45, 2.75) is 76.7 Å². The quantitative estimate of drug-likeness (QED) is 0.366. The summed E-state index contributed by atoms with van der Waals surface area (Å²) in [6.07, 6.45) is 6.29. The minimum Gasteiger partial charge on any atom is -0.398 e. The van der Waals surface area contributed by atoms with Gasteiger partial charge in [0.15, 0.2) is 23.5 Å². The number of benzene rings is 2. The predicted octanol–water partition coefficient (Wildman–Crippen LogP) is 3.95. The number of aliphatic hydroxyl groups excluding tert-OH is 3. The number of rotatable bonds is 6. The van der Waals surface area contributed by atoms with E-state index in [4.69, 9.17) is 15.2 Å². The van der Waals surface area contributed by atoms with E-state index in [2.05, 4.69) is 6.92 Å². The Labute approximate surface area is 257 Å². The fourth-order valence-corrected chi connectivity index (χ4v) is 9.81. The summed E-state index contributed by atoms with van der Waals surface area (Å²) in [5, 5.41) is 31.7. The summed E-state index contributed by atoms with van der Waals surface area (Å²) < 4.78 is 13.4. The first-order valence-electron chi connectivity index (χ1n) is 15.7. The van der Waals surface area contributed by atoms with E-state index in [1.165, 1.54) is 0 Å². The Morgan fingerprint density at radius 1 is 1.11 bits per heavy atom. The van der Waals surface area contributed by atoms with Crippen LogP contribution in [-0.2, 0) is 32.1 Å². The fourth-order valence-electron chi connectivity index (χ4n) is 9.81. The van der Waals surface area contributed by atoms with Crippen molar-refractivity contribution in [3.05, 3.63) is 88.5 Å². The van der Waals surface area contributed by atoms with Crippen LogP contribution in [0.4, 0.5) is 5.69 Å². The van der Waals surface area contributed by atoms with Gasteiger partial charge >= 0.3 is 0 Å². The van der Waals surface area contributed by atoms with Crippen molar-refractivity contribution < 1.29 is 34.4 Å². The van der Waals surface area contributed by atoms with Gasteiger partial charge in [0.05, 0.1) is 18.8 Å². The second-order valence-electron chi connectivity index (χ2n) is 14.0. The van der Waals surface area contributed by atoms with Crippen molar-refractivity contribution in [3.63, 3.8) is 0 Å². The molecule has 0 aromatic heterocycles. The molecule has 1 heterocycles. The molecule has 7 rings (SSSR count). The van der Waals surface area contributed by atoms with Crippen molar-refractivity contribution in [3.8, 4) is 0 Å². The maximum absolute atomic E-state index is 13.8. The number of anilines is 1. The van der Waals surface area contributed by atoms with Crippen LogP contribution in [0, 0.1) is 28.6 Å². The van der Waals surface area contributed by atoms with Crippen LogP contribution in [0.25, 0.3) is 0 Å². The lowest BCUT2D eigenvalue weighted by atomic mass is 9.46. The topological polar surface area (TPSA) is 139 Å². The van der Waals surface area contributed by atoms with Crippen LogP contribution in [0.2, 0.25) is 0 Å². The number of carbonyl (C=O) groups excluding carboxylic acids is 2. The van der Waals surface area contributed by atoms with Crippen LogP contribution in [-0.4, -0.2) is 51.3 Å². The lowest BCUT2D eigenvalue weighted by molar-refractivity contribution is -0.201. The van der Waals surface area contributed by atoms with E-state index in [9.17, 15) is 24.9 Å². The summed E-state index contributed by atoms with van der Waals surface area (Å²) in [7, 11) is 0. The van der Waals surface area contributed by atoms with Gasteiger partial charge < -0.3 is 30.5 Å². The summed E-state index contributed by atoms with van der Waals surface area (Å²) >= 11 is 0. The molecule has 0 spiro atoms. The van der Waals surface area contributed by atoms with Crippen LogP contribution in [0.3, 0.4) is 0 Å². The van der Waals surface area contributed by atoms with E-state index >= 15 is 0 Å². The average molecular weight is 600 g/mol. The highest BCUT2D eigenvalue weighted by molar-refractivity contribution is 6.01. The highest BCUT2D eigenvalue weighted by atomic mass is 16.7. The molecule has 8 heteroatoms. The van der Waals surface area contributed by atoms with Gasteiger partial charge in [-0.1, -0.05) is 61.9 Å². The molecule has 0 amide bonds. The van der Waals surface area contributed by atoms with Crippen LogP contribution >= 0.6 is 0 Å². The number of nitrogens with two attached hydrogens (primary N) is 1. The van der Waals surface area contributed by atoms with E-state index < -0.39 is 47.3 Å². The Hall–Kier alpha value is -3.14. The van der Waals surface area contributed by atoms with E-state index in [0.29, 0.717) is 24.9 Å². The summed E-state index contributed by atoms with van der Waals surface area (Å²) in [5.74, 6) is -0.361. The Morgan fingerprint density at radius 2 is 1.93 bits per heavy atom. The molecule has 1 saturated heterocycles. The highest BCUT2D eigenvalue weighted by Gasteiger charge is 2.75. The largest absolute Gasteiger partial charge is 0.398 e. The molecule has 5 N–H and O–H groups in total. The third-order valence-corrected chi connectivity index (χ3v) is 11.8. The first kappa shape index (κ1) is 29.6. The number of nitrogen functional groups attached to an aromatic ring is 1. The Kier molecular flexibility index (Phi) is 7.03. The SMILES string of the molecule is C[C@]12C=CC(=O)C=C1CC[C@@H]1[C@@H]2[C@@H](O)C[C@@]2(C)[C@H]1C[C@H]1O[C@@H](c3cccc(Cc4cc(CO)ccc4N)c3)O[C@]12C(=O)CO. The van der Waals surface area contributed by atoms with Crippen molar-refractivity contribution in [1.82, 2.24) is 0 Å². The normalized spacial score (nSPS) is 38.8. The molecule has 1 aliphatic heterocycles. The van der Waals surface area contributed by atoms with Crippen LogP contribution in [0.15, 0.2) is 66.3 Å². The molecule has 2 aromatic rings. The third kappa shape index (κ3) is 4.15. The molecule has 232 valence electrons. The van der Waals surface area contributed by atoms with Crippen molar-refractivity contribution in [2.24, 2.45) is 28.6 Å². The van der Waals surface area contributed by atoms with Gasteiger partial charge in [-0.25, -0.2) is 0 Å². The van der Waals surface area contributed by atoms with Crippen LogP contribution in [0.5, 0.6) is 0 Å². The van der Waals surface area contributed by atoms with Gasteiger partial charge in [-0.3, -0.25) is 9.59 Å². The fraction of sp³-hybridized carbons (Fsp3) is 0.500. The number of carbonyl (C=O) groups is 2. The van der Waals surface area contributed by atoms with Gasteiger partial charge in [0.2, 0.25) is 0 Å². The molecule has 2 aromatic carbocycles. The summed E-state index contributed by atoms with van der Waals surface area (Å²) in [5.41, 5.74) is 8.82. The number of hydrogen-bond donors (Lipinski definition) is 4. The number of allylic oxidation sites excluding steroid dienone is 4. The lowest BCUT2D eigenvalue weighted by Crippen LogP contribution is -2.63. The Balaban J connectivity index is 1.20. The number of ether oxygens (including phenoxy) is 2. The van der Waals surface area contributed by atoms with E-state index in [1.807, 2.05) is 43.3 Å². The number of fused-ring (bicyclic) bond motifs is 7. The van der Waals surface area contributed by atoms with E-state index in [1.54, 1.807) is 24.3 Å². The summed E-state index contributed by atoms with van der Waals surface area (Å²) in [4.78, 5) is 26.0. The molecule has 5 aliphatic rings. The highest BCUT2D eigenvalue weighted by Crippen LogP contribution is 2.70. The number of Topliss-reactive ketones (excluding diaryl/α,β-unsaturated/α-hetero) is 1. The molecule has 9 atom stereocenters. The molecule has 8 nitrogen and oxygen atoms in total. The number of aliphatic hydroxyl groups is 3. The van der Waals surface area contributed by atoms with Gasteiger partial charge in [0.1, 0.15) is 6.61 Å². The first-order valence-corrected chi connectivity index (χ1v) is 15.7. The lowest BCUT2D eigenvalue weighted by Gasteiger charge is -2.59. The van der Waals surface area contributed by atoms with Gasteiger partial charge in [-0.15, -0.1) is 0 Å². The van der Waals surface area contributed by atoms with Gasteiger partial charge in [0.25, 0.3) is 0 Å². The smallest absolute Gasteiger partial charge is 0.193 e. The van der Waals surface area contributed by atoms with Gasteiger partial charge in [0, 0.05) is 28.0 Å². The molecule has 0 bridgehead atoms. The second kappa shape index (κ2) is 10.5. The van der Waals surface area contributed by atoms with Crippen molar-refractivity contribution in [2.75, 3.05) is 12.3 Å². The maximum atomic E-state index is 13.8. The molecular weight excluding hydrogens is 558 g/mol. The molecule has 0 unspecified atom stereocenters. The minimum absolute atomic E-state index is 0.00647. The first-order chi connectivity index (χ1) is 21.0. The molecule has 0 radical (unpaired) electrons. The standard InChI is InChI=1S/C36H41NO7/c1-34-11-10-25(40)15-24(34)7-8-26-27-16-31-36(30(42)19-39,35(27,2)17-29(41)32(26)34)44-33(43-31)22-5-3-4-20(12-22)13-23-14-21(18-38)6-9-28(23)37/h3-6,9-12,14-15,26-27,29,31-33,38-39,41H,7-8,13,16-19,37H2,1-2H3/t26-,27-,29-,31+,32+,33+,34-,35-,36+/m0/s1. The third-order valence-electron chi connectivity index (χ3n) is 11.8. The monoisotopic (exact) mass is 599 g/mol. The summed E-state index contributed by atoms with van der Waals surface area (Å²) in [6.45, 7) is 3.42. The molecule has 4 fully saturated rings. The second-order valence-corrected chi connectivity index (χ2v) is 14.0. The van der Waals surface area contributed by atoms with E-state index in [0.717, 1.165) is 40.7 Å². The van der Waals surface area contributed by atoms with E-state index in [-0.39, 0.29) is 30.1 Å². The Morgan fingerprint density at radius 3 is 2.70 bits per heavy atom. The average Bonchev–Trinajstić information content (AvgIpc) is 3.51. The zero-order valence-electron chi connectivity index (χ0n) is 25.2. The van der Waals surface area contributed by atoms with Crippen LogP contribution < -0.4 is 5.73 Å². The predicted molar refractivity (Wildman–Crippen MR) is 163 cm³/mol. The summed E-state index contributed by atoms with van der Waals surface area (Å²) in [6, 6.07) is 13.3. The maximum Gasteiger partial charge on any atom is 0.193 e. The Bertz CT molecular complexity index is 1580. The van der Waals surface area contributed by atoms with Crippen LogP contribution in [0.1, 0.15) is 68.1 Å². The molecular formula is C36H41NO7. The molecule has 4 aliphatic carbocycles.